The fraction of sp³-hybridized carbons (Fsp3) is 0.533. The molecule has 0 unspecified atom stereocenters. The number of hydrogen-bond acceptors (Lipinski definition) is 5. The minimum atomic E-state index is -0.478. The molecule has 0 aromatic carbocycles. The Labute approximate surface area is 128 Å². The molecule has 0 saturated heterocycles. The van der Waals surface area contributed by atoms with Crippen molar-refractivity contribution in [1.82, 2.24) is 19.9 Å². The van der Waals surface area contributed by atoms with Gasteiger partial charge in [-0.05, 0) is 26.8 Å². The Hall–Kier alpha value is -2.31. The van der Waals surface area contributed by atoms with E-state index in [0.717, 1.165) is 18.5 Å². The lowest BCUT2D eigenvalue weighted by Gasteiger charge is -2.35. The second kappa shape index (κ2) is 5.47. The molecule has 1 aliphatic carbocycles. The van der Waals surface area contributed by atoms with Gasteiger partial charge in [-0.1, -0.05) is 0 Å². The van der Waals surface area contributed by atoms with E-state index in [4.69, 9.17) is 9.47 Å². The van der Waals surface area contributed by atoms with Crippen LogP contribution in [0.4, 0.5) is 4.79 Å². The maximum absolute atomic E-state index is 11.6. The molecule has 3 rings (SSSR count). The first-order valence-corrected chi connectivity index (χ1v) is 7.36. The zero-order valence-electron chi connectivity index (χ0n) is 12.9. The Bertz CT molecular complexity index is 671. The summed E-state index contributed by atoms with van der Waals surface area (Å²) in [6.45, 7) is 5.53. The molecule has 0 spiro atoms. The Kier molecular flexibility index (Phi) is 3.64. The van der Waals surface area contributed by atoms with Crippen LogP contribution in [-0.2, 0) is 4.74 Å². The molecule has 1 fully saturated rings. The monoisotopic (exact) mass is 304 g/mol. The minimum absolute atomic E-state index is 0.0633. The predicted molar refractivity (Wildman–Crippen MR) is 79.8 cm³/mol. The Morgan fingerprint density at radius 2 is 2.14 bits per heavy atom. The van der Waals surface area contributed by atoms with Gasteiger partial charge >= 0.3 is 6.09 Å². The number of aromatic nitrogens is 3. The van der Waals surface area contributed by atoms with Crippen molar-refractivity contribution in [3.8, 4) is 5.88 Å². The fourth-order valence-electron chi connectivity index (χ4n) is 2.29. The number of amides is 1. The summed E-state index contributed by atoms with van der Waals surface area (Å²) >= 11 is 0. The molecule has 0 bridgehead atoms. The number of alkyl carbamates (subject to hydrolysis) is 1. The van der Waals surface area contributed by atoms with Gasteiger partial charge in [0.15, 0.2) is 5.65 Å². The number of carbonyl (C=O) groups is 1. The quantitative estimate of drug-likeness (QED) is 0.940. The lowest BCUT2D eigenvalue weighted by molar-refractivity contribution is 0.0352. The van der Waals surface area contributed by atoms with Gasteiger partial charge in [0.2, 0.25) is 5.88 Å². The Balaban J connectivity index is 1.46. The highest BCUT2D eigenvalue weighted by atomic mass is 16.6. The second-order valence-corrected chi connectivity index (χ2v) is 6.46. The summed E-state index contributed by atoms with van der Waals surface area (Å²) in [5.41, 5.74) is 0.304. The van der Waals surface area contributed by atoms with Gasteiger partial charge in [0, 0.05) is 37.3 Å². The summed E-state index contributed by atoms with van der Waals surface area (Å²) in [4.78, 5) is 15.8. The number of nitrogens with one attached hydrogen (secondary N) is 1. The molecule has 1 amide bonds. The van der Waals surface area contributed by atoms with Crippen LogP contribution in [0.5, 0.6) is 5.88 Å². The molecule has 1 N–H and O–H groups in total. The number of nitrogens with zero attached hydrogens (tertiary/aromatic N) is 3. The topological polar surface area (TPSA) is 77.8 Å². The number of hydrogen-bond donors (Lipinski definition) is 1. The van der Waals surface area contributed by atoms with Crippen LogP contribution in [0.1, 0.15) is 33.6 Å². The average molecular weight is 304 g/mol. The predicted octanol–water partition coefficient (Wildman–Crippen LogP) is 2.16. The van der Waals surface area contributed by atoms with Gasteiger partial charge in [-0.15, -0.1) is 5.10 Å². The van der Waals surface area contributed by atoms with Crippen molar-refractivity contribution >= 4 is 11.7 Å². The standard InChI is InChI=1S/C15H20N4O3/c1-15(2,3)22-14(20)17-10-8-11(9-10)21-13-5-4-12-16-6-7-19(12)18-13/h4-7,10-11H,8-9H2,1-3H3,(H,17,20). The van der Waals surface area contributed by atoms with Gasteiger partial charge in [-0.25, -0.2) is 14.3 Å². The van der Waals surface area contributed by atoms with E-state index in [2.05, 4.69) is 15.4 Å². The highest BCUT2D eigenvalue weighted by Crippen LogP contribution is 2.25. The van der Waals surface area contributed by atoms with Gasteiger partial charge in [0.05, 0.1) is 0 Å². The number of ether oxygens (including phenoxy) is 2. The van der Waals surface area contributed by atoms with Crippen LogP contribution in [0, 0.1) is 0 Å². The van der Waals surface area contributed by atoms with E-state index in [-0.39, 0.29) is 18.2 Å². The van der Waals surface area contributed by atoms with E-state index >= 15 is 0 Å². The van der Waals surface area contributed by atoms with Gasteiger partial charge < -0.3 is 14.8 Å². The second-order valence-electron chi connectivity index (χ2n) is 6.46. The summed E-state index contributed by atoms with van der Waals surface area (Å²) in [5, 5.41) is 7.15. The van der Waals surface area contributed by atoms with E-state index in [1.807, 2.05) is 26.8 Å². The van der Waals surface area contributed by atoms with Crippen LogP contribution in [-0.4, -0.2) is 38.4 Å². The van der Waals surface area contributed by atoms with Crippen LogP contribution in [0.15, 0.2) is 24.5 Å². The lowest BCUT2D eigenvalue weighted by Crippen LogP contribution is -2.50. The maximum Gasteiger partial charge on any atom is 0.407 e. The number of carbonyl (C=O) groups excluding carboxylic acids is 1. The molecule has 0 aliphatic heterocycles. The normalized spacial score (nSPS) is 21.2. The number of rotatable bonds is 3. The van der Waals surface area contributed by atoms with Gasteiger partial charge in [0.25, 0.3) is 0 Å². The van der Waals surface area contributed by atoms with Crippen molar-refractivity contribution < 1.29 is 14.3 Å². The molecule has 2 aromatic heterocycles. The molecule has 1 aliphatic rings. The van der Waals surface area contributed by atoms with Crippen LogP contribution in [0.2, 0.25) is 0 Å². The van der Waals surface area contributed by atoms with Crippen molar-refractivity contribution in [2.45, 2.75) is 51.4 Å². The number of imidazole rings is 1. The summed E-state index contributed by atoms with van der Waals surface area (Å²) < 4.78 is 12.7. The molecule has 0 radical (unpaired) electrons. The first-order valence-electron chi connectivity index (χ1n) is 7.36. The van der Waals surface area contributed by atoms with Crippen LogP contribution in [0.25, 0.3) is 5.65 Å². The zero-order chi connectivity index (χ0) is 15.7. The van der Waals surface area contributed by atoms with Gasteiger partial charge in [0.1, 0.15) is 11.7 Å². The molecule has 7 nitrogen and oxygen atoms in total. The first-order chi connectivity index (χ1) is 10.4. The van der Waals surface area contributed by atoms with Crippen LogP contribution >= 0.6 is 0 Å². The van der Waals surface area contributed by atoms with E-state index < -0.39 is 5.60 Å². The SMILES string of the molecule is CC(C)(C)OC(=O)NC1CC(Oc2ccc3nccn3n2)C1. The van der Waals surface area contributed by atoms with Gasteiger partial charge in [-0.3, -0.25) is 0 Å². The molecule has 0 atom stereocenters. The highest BCUT2D eigenvalue weighted by Gasteiger charge is 2.33. The molecule has 118 valence electrons. The smallest absolute Gasteiger partial charge is 0.407 e. The van der Waals surface area contributed by atoms with E-state index in [1.165, 1.54) is 0 Å². The number of fused-ring (bicyclic) bond motifs is 1. The third-order valence-corrected chi connectivity index (χ3v) is 3.33. The van der Waals surface area contributed by atoms with E-state index in [1.54, 1.807) is 23.0 Å². The third-order valence-electron chi connectivity index (χ3n) is 3.33. The first kappa shape index (κ1) is 14.6. The van der Waals surface area contributed by atoms with Crippen LogP contribution in [0.3, 0.4) is 0 Å². The Morgan fingerprint density at radius 1 is 1.36 bits per heavy atom. The summed E-state index contributed by atoms with van der Waals surface area (Å²) in [7, 11) is 0. The largest absolute Gasteiger partial charge is 0.473 e. The average Bonchev–Trinajstić information content (AvgIpc) is 2.81. The molecular formula is C15H20N4O3. The summed E-state index contributed by atoms with van der Waals surface area (Å²) in [6.07, 6.45) is 4.65. The van der Waals surface area contributed by atoms with Crippen molar-refractivity contribution in [1.29, 1.82) is 0 Å². The fourth-order valence-corrected chi connectivity index (χ4v) is 2.29. The summed E-state index contributed by atoms with van der Waals surface area (Å²) in [6, 6.07) is 3.76. The highest BCUT2D eigenvalue weighted by molar-refractivity contribution is 5.68. The van der Waals surface area contributed by atoms with Crippen molar-refractivity contribution in [2.75, 3.05) is 0 Å². The van der Waals surface area contributed by atoms with Gasteiger partial charge in [-0.2, -0.15) is 0 Å². The van der Waals surface area contributed by atoms with E-state index in [0.29, 0.717) is 5.88 Å². The van der Waals surface area contributed by atoms with E-state index in [9.17, 15) is 4.79 Å². The molecule has 7 heteroatoms. The molecule has 22 heavy (non-hydrogen) atoms. The molecule has 2 aromatic rings. The maximum atomic E-state index is 11.6. The molecule has 1 saturated carbocycles. The molecular weight excluding hydrogens is 284 g/mol. The minimum Gasteiger partial charge on any atom is -0.473 e. The third kappa shape index (κ3) is 3.47. The lowest BCUT2D eigenvalue weighted by atomic mass is 9.89. The van der Waals surface area contributed by atoms with Crippen molar-refractivity contribution in [3.05, 3.63) is 24.5 Å². The van der Waals surface area contributed by atoms with Crippen LogP contribution < -0.4 is 10.1 Å². The molecule has 2 heterocycles. The zero-order valence-corrected chi connectivity index (χ0v) is 12.9. The van der Waals surface area contributed by atoms with Crippen molar-refractivity contribution in [2.24, 2.45) is 0 Å². The van der Waals surface area contributed by atoms with Crippen molar-refractivity contribution in [3.63, 3.8) is 0 Å². The Morgan fingerprint density at radius 3 is 2.86 bits per heavy atom. The summed E-state index contributed by atoms with van der Waals surface area (Å²) in [5.74, 6) is 0.561.